The minimum Gasteiger partial charge on any atom is -0.378 e. The van der Waals surface area contributed by atoms with Crippen LogP contribution >= 0.6 is 0 Å². The number of rotatable bonds is 5. The maximum absolute atomic E-state index is 12.4. The van der Waals surface area contributed by atoms with Crippen molar-refractivity contribution in [3.05, 3.63) is 35.4 Å². The van der Waals surface area contributed by atoms with Gasteiger partial charge in [-0.3, -0.25) is 4.79 Å². The lowest BCUT2D eigenvalue weighted by molar-refractivity contribution is 0.0146. The summed E-state index contributed by atoms with van der Waals surface area (Å²) in [5.74, 6) is 0.124. The highest BCUT2D eigenvalue weighted by Gasteiger charge is 2.23. The third kappa shape index (κ3) is 3.81. The molecule has 2 N–H and O–H groups in total. The van der Waals surface area contributed by atoms with E-state index < -0.39 is 0 Å². The molecule has 1 heterocycles. The number of ether oxygens (including phenoxy) is 1. The molecule has 1 fully saturated rings. The molecule has 1 amide bonds. The number of hydrogen-bond acceptors (Lipinski definition) is 3. The van der Waals surface area contributed by atoms with E-state index in [1.54, 1.807) is 0 Å². The number of nitrogens with two attached hydrogens (primary N) is 1. The zero-order valence-corrected chi connectivity index (χ0v) is 12.2. The fourth-order valence-corrected chi connectivity index (χ4v) is 2.62. The first-order valence-electron chi connectivity index (χ1n) is 7.44. The molecule has 0 saturated carbocycles. The van der Waals surface area contributed by atoms with E-state index in [1.165, 1.54) is 5.56 Å². The summed E-state index contributed by atoms with van der Waals surface area (Å²) in [6.45, 7) is 4.97. The van der Waals surface area contributed by atoms with Gasteiger partial charge in [-0.15, -0.1) is 0 Å². The maximum atomic E-state index is 12.4. The van der Waals surface area contributed by atoms with Gasteiger partial charge in [0.1, 0.15) is 0 Å². The normalized spacial score (nSPS) is 16.4. The van der Waals surface area contributed by atoms with Gasteiger partial charge in [0, 0.05) is 25.3 Å². The molecule has 2 rings (SSSR count). The number of amides is 1. The van der Waals surface area contributed by atoms with E-state index >= 15 is 0 Å². The highest BCUT2D eigenvalue weighted by atomic mass is 16.5. The van der Waals surface area contributed by atoms with Crippen molar-refractivity contribution in [2.75, 3.05) is 26.2 Å². The van der Waals surface area contributed by atoms with Gasteiger partial charge in [-0.05, 0) is 50.4 Å². The number of carbonyl (C=O) groups is 1. The molecule has 0 aromatic heterocycles. The first kappa shape index (κ1) is 15.0. The number of benzene rings is 1. The van der Waals surface area contributed by atoms with E-state index in [0.717, 1.165) is 44.5 Å². The summed E-state index contributed by atoms with van der Waals surface area (Å²) < 4.78 is 5.61. The van der Waals surface area contributed by atoms with E-state index in [9.17, 15) is 4.79 Å². The largest absolute Gasteiger partial charge is 0.378 e. The Kier molecular flexibility index (Phi) is 5.56. The SMILES string of the molecule is CCOC1CCN(C(=O)c2ccc(CCN)cc2)CC1. The molecular formula is C16H24N2O2. The van der Waals surface area contributed by atoms with Crippen LogP contribution in [0.1, 0.15) is 35.7 Å². The fraction of sp³-hybridized carbons (Fsp3) is 0.562. The monoisotopic (exact) mass is 276 g/mol. The first-order valence-corrected chi connectivity index (χ1v) is 7.44. The molecular weight excluding hydrogens is 252 g/mol. The van der Waals surface area contributed by atoms with Gasteiger partial charge in [-0.1, -0.05) is 12.1 Å². The van der Waals surface area contributed by atoms with Crippen molar-refractivity contribution >= 4 is 5.91 Å². The van der Waals surface area contributed by atoms with Crippen LogP contribution in [-0.2, 0) is 11.2 Å². The minimum absolute atomic E-state index is 0.124. The van der Waals surface area contributed by atoms with Crippen molar-refractivity contribution < 1.29 is 9.53 Å². The Labute approximate surface area is 120 Å². The third-order valence-corrected chi connectivity index (χ3v) is 3.77. The van der Waals surface area contributed by atoms with E-state index in [1.807, 2.05) is 36.1 Å². The lowest BCUT2D eigenvalue weighted by Crippen LogP contribution is -2.40. The fourth-order valence-electron chi connectivity index (χ4n) is 2.62. The van der Waals surface area contributed by atoms with Crippen molar-refractivity contribution in [2.24, 2.45) is 5.73 Å². The number of carbonyl (C=O) groups excluding carboxylic acids is 1. The van der Waals surface area contributed by atoms with E-state index in [4.69, 9.17) is 10.5 Å². The van der Waals surface area contributed by atoms with Gasteiger partial charge in [0.25, 0.3) is 5.91 Å². The zero-order chi connectivity index (χ0) is 14.4. The van der Waals surface area contributed by atoms with Gasteiger partial charge >= 0.3 is 0 Å². The molecule has 0 radical (unpaired) electrons. The number of piperidine rings is 1. The van der Waals surface area contributed by atoms with Gasteiger partial charge in [0.05, 0.1) is 6.10 Å². The lowest BCUT2D eigenvalue weighted by Gasteiger charge is -2.31. The van der Waals surface area contributed by atoms with E-state index in [0.29, 0.717) is 12.6 Å². The number of likely N-dealkylation sites (tertiary alicyclic amines) is 1. The summed E-state index contributed by atoms with van der Waals surface area (Å²) >= 11 is 0. The molecule has 1 aliphatic rings. The zero-order valence-electron chi connectivity index (χ0n) is 12.2. The Morgan fingerprint density at radius 1 is 1.30 bits per heavy atom. The molecule has 4 heteroatoms. The Morgan fingerprint density at radius 2 is 1.95 bits per heavy atom. The maximum Gasteiger partial charge on any atom is 0.253 e. The van der Waals surface area contributed by atoms with E-state index in [-0.39, 0.29) is 5.91 Å². The van der Waals surface area contributed by atoms with Crippen molar-refractivity contribution in [3.8, 4) is 0 Å². The van der Waals surface area contributed by atoms with Crippen molar-refractivity contribution in [2.45, 2.75) is 32.3 Å². The van der Waals surface area contributed by atoms with Crippen molar-refractivity contribution in [1.82, 2.24) is 4.90 Å². The predicted octanol–water partition coefficient (Wildman–Crippen LogP) is 1.83. The van der Waals surface area contributed by atoms with Gasteiger partial charge in [-0.25, -0.2) is 0 Å². The molecule has 0 aliphatic carbocycles. The quantitative estimate of drug-likeness (QED) is 0.892. The standard InChI is InChI=1S/C16H24N2O2/c1-2-20-15-8-11-18(12-9-15)16(19)14-5-3-13(4-6-14)7-10-17/h3-6,15H,2,7-12,17H2,1H3. The minimum atomic E-state index is 0.124. The number of nitrogens with zero attached hydrogens (tertiary/aromatic N) is 1. The summed E-state index contributed by atoms with van der Waals surface area (Å²) in [6, 6.07) is 7.80. The molecule has 0 unspecified atom stereocenters. The van der Waals surface area contributed by atoms with Crippen LogP contribution in [0, 0.1) is 0 Å². The summed E-state index contributed by atoms with van der Waals surface area (Å²) in [5, 5.41) is 0. The molecule has 20 heavy (non-hydrogen) atoms. The summed E-state index contributed by atoms with van der Waals surface area (Å²) in [5.41, 5.74) is 7.47. The molecule has 110 valence electrons. The second-order valence-corrected chi connectivity index (χ2v) is 5.18. The van der Waals surface area contributed by atoms with Gasteiger partial charge in [0.2, 0.25) is 0 Å². The molecule has 4 nitrogen and oxygen atoms in total. The second kappa shape index (κ2) is 7.41. The van der Waals surface area contributed by atoms with Crippen LogP contribution in [0.2, 0.25) is 0 Å². The Morgan fingerprint density at radius 3 is 2.50 bits per heavy atom. The molecule has 1 aromatic carbocycles. The number of hydrogen-bond donors (Lipinski definition) is 1. The van der Waals surface area contributed by atoms with Gasteiger partial charge in [-0.2, -0.15) is 0 Å². The van der Waals surface area contributed by atoms with Crippen LogP contribution in [0.3, 0.4) is 0 Å². The average molecular weight is 276 g/mol. The highest BCUT2D eigenvalue weighted by Crippen LogP contribution is 2.16. The topological polar surface area (TPSA) is 55.6 Å². The Hall–Kier alpha value is -1.39. The first-order chi connectivity index (χ1) is 9.74. The van der Waals surface area contributed by atoms with Gasteiger partial charge in [0.15, 0.2) is 0 Å². The molecule has 0 spiro atoms. The molecule has 0 bridgehead atoms. The van der Waals surface area contributed by atoms with Crippen LogP contribution in [0.5, 0.6) is 0 Å². The second-order valence-electron chi connectivity index (χ2n) is 5.18. The summed E-state index contributed by atoms with van der Waals surface area (Å²) in [6.07, 6.45) is 3.04. The lowest BCUT2D eigenvalue weighted by atomic mass is 10.0. The summed E-state index contributed by atoms with van der Waals surface area (Å²) in [4.78, 5) is 14.3. The molecule has 0 atom stereocenters. The van der Waals surface area contributed by atoms with Gasteiger partial charge < -0.3 is 15.4 Å². The van der Waals surface area contributed by atoms with E-state index in [2.05, 4.69) is 0 Å². The summed E-state index contributed by atoms with van der Waals surface area (Å²) in [7, 11) is 0. The highest BCUT2D eigenvalue weighted by molar-refractivity contribution is 5.94. The third-order valence-electron chi connectivity index (χ3n) is 3.77. The molecule has 1 saturated heterocycles. The van der Waals surface area contributed by atoms with Crippen LogP contribution in [-0.4, -0.2) is 43.2 Å². The van der Waals surface area contributed by atoms with Crippen LogP contribution in [0.25, 0.3) is 0 Å². The Balaban J connectivity index is 1.91. The molecule has 1 aliphatic heterocycles. The predicted molar refractivity (Wildman–Crippen MR) is 79.8 cm³/mol. The van der Waals surface area contributed by atoms with Crippen LogP contribution in [0.4, 0.5) is 0 Å². The Bertz CT molecular complexity index is 423. The van der Waals surface area contributed by atoms with Crippen molar-refractivity contribution in [3.63, 3.8) is 0 Å². The molecule has 1 aromatic rings. The van der Waals surface area contributed by atoms with Crippen molar-refractivity contribution in [1.29, 1.82) is 0 Å². The smallest absolute Gasteiger partial charge is 0.253 e. The van der Waals surface area contributed by atoms with Crippen LogP contribution in [0.15, 0.2) is 24.3 Å². The average Bonchev–Trinajstić information content (AvgIpc) is 2.49. The van der Waals surface area contributed by atoms with Crippen LogP contribution < -0.4 is 5.73 Å².